The Balaban J connectivity index is 1.67. The number of hydrogen-bond donors (Lipinski definition) is 1. The lowest BCUT2D eigenvalue weighted by atomic mass is 10.2. The monoisotopic (exact) mass is 428 g/mol. The summed E-state index contributed by atoms with van der Waals surface area (Å²) in [6.07, 6.45) is 2.45. The third-order valence-electron chi connectivity index (χ3n) is 2.97. The second-order valence-electron chi connectivity index (χ2n) is 4.87. The van der Waals surface area contributed by atoms with Crippen LogP contribution >= 0.6 is 39.1 Å². The van der Waals surface area contributed by atoms with E-state index < -0.39 is 0 Å². The summed E-state index contributed by atoms with van der Waals surface area (Å²) in [7, 11) is 0. The van der Waals surface area contributed by atoms with Gasteiger partial charge in [0.2, 0.25) is 5.91 Å². The molecule has 0 aliphatic rings. The number of halogens is 3. The van der Waals surface area contributed by atoms with E-state index >= 15 is 0 Å². The van der Waals surface area contributed by atoms with Gasteiger partial charge in [-0.1, -0.05) is 51.3 Å². The average molecular weight is 430 g/mol. The standard InChI is InChI=1S/C17H15BrCl2N2O2/c18-13-5-3-12(4-6-13)11-21-22-17(23)2-1-9-24-16-8-7-14(19)10-15(16)20/h3-8,10-11H,1-2,9H2,(H,22,23). The highest BCUT2D eigenvalue weighted by atomic mass is 79.9. The molecular formula is C17H15BrCl2N2O2. The molecule has 2 aromatic carbocycles. The summed E-state index contributed by atoms with van der Waals surface area (Å²) in [5.41, 5.74) is 3.39. The van der Waals surface area contributed by atoms with Crippen molar-refractivity contribution in [3.05, 3.63) is 62.5 Å². The minimum atomic E-state index is -0.172. The molecule has 0 unspecified atom stereocenters. The molecule has 0 spiro atoms. The Morgan fingerprint density at radius 2 is 1.96 bits per heavy atom. The van der Waals surface area contributed by atoms with Crippen LogP contribution in [0.2, 0.25) is 10.0 Å². The van der Waals surface area contributed by atoms with Gasteiger partial charge in [-0.2, -0.15) is 5.10 Å². The van der Waals surface area contributed by atoms with Crippen molar-refractivity contribution < 1.29 is 9.53 Å². The molecule has 2 rings (SSSR count). The molecule has 0 saturated carbocycles. The zero-order valence-corrected chi connectivity index (χ0v) is 15.7. The quantitative estimate of drug-likeness (QED) is 0.379. The van der Waals surface area contributed by atoms with Crippen LogP contribution in [0.5, 0.6) is 5.75 Å². The number of nitrogens with one attached hydrogen (secondary N) is 1. The summed E-state index contributed by atoms with van der Waals surface area (Å²) < 4.78 is 6.50. The van der Waals surface area contributed by atoms with E-state index in [1.54, 1.807) is 24.4 Å². The molecule has 24 heavy (non-hydrogen) atoms. The molecule has 0 radical (unpaired) electrons. The van der Waals surface area contributed by atoms with Gasteiger partial charge in [-0.25, -0.2) is 5.43 Å². The second kappa shape index (κ2) is 9.67. The maximum Gasteiger partial charge on any atom is 0.240 e. The lowest BCUT2D eigenvalue weighted by molar-refractivity contribution is -0.121. The lowest BCUT2D eigenvalue weighted by Gasteiger charge is -2.07. The number of amides is 1. The molecule has 126 valence electrons. The first-order valence-corrected chi connectivity index (χ1v) is 8.75. The van der Waals surface area contributed by atoms with Gasteiger partial charge in [0.15, 0.2) is 0 Å². The van der Waals surface area contributed by atoms with E-state index in [0.29, 0.717) is 35.2 Å². The number of nitrogens with zero attached hydrogens (tertiary/aromatic N) is 1. The third kappa shape index (κ3) is 6.51. The number of benzene rings is 2. The van der Waals surface area contributed by atoms with Crippen molar-refractivity contribution in [3.63, 3.8) is 0 Å². The van der Waals surface area contributed by atoms with Gasteiger partial charge in [0, 0.05) is 15.9 Å². The van der Waals surface area contributed by atoms with Crippen LogP contribution in [0.25, 0.3) is 0 Å². The van der Waals surface area contributed by atoms with E-state index in [1.165, 1.54) is 0 Å². The van der Waals surface area contributed by atoms with Crippen LogP contribution in [0.15, 0.2) is 52.0 Å². The van der Waals surface area contributed by atoms with Crippen LogP contribution in [0, 0.1) is 0 Å². The fourth-order valence-electron chi connectivity index (χ4n) is 1.79. The maximum atomic E-state index is 11.7. The molecule has 0 aromatic heterocycles. The van der Waals surface area contributed by atoms with Crippen molar-refractivity contribution in [2.24, 2.45) is 5.10 Å². The number of rotatable bonds is 7. The van der Waals surface area contributed by atoms with Crippen molar-refractivity contribution >= 4 is 51.3 Å². The summed E-state index contributed by atoms with van der Waals surface area (Å²) in [6, 6.07) is 12.6. The molecule has 0 fully saturated rings. The molecule has 1 N–H and O–H groups in total. The summed E-state index contributed by atoms with van der Waals surface area (Å²) in [6.45, 7) is 0.380. The fraction of sp³-hybridized carbons (Fsp3) is 0.176. The highest BCUT2D eigenvalue weighted by Gasteiger charge is 2.04. The number of hydrogen-bond acceptors (Lipinski definition) is 3. The first-order valence-electron chi connectivity index (χ1n) is 7.20. The van der Waals surface area contributed by atoms with E-state index in [2.05, 4.69) is 26.5 Å². The van der Waals surface area contributed by atoms with Gasteiger partial charge < -0.3 is 4.74 Å². The molecule has 0 atom stereocenters. The number of hydrazone groups is 1. The molecule has 7 heteroatoms. The summed E-state index contributed by atoms with van der Waals surface area (Å²) in [4.78, 5) is 11.7. The second-order valence-corrected chi connectivity index (χ2v) is 6.63. The largest absolute Gasteiger partial charge is 0.492 e. The molecule has 2 aromatic rings. The Morgan fingerprint density at radius 3 is 2.67 bits per heavy atom. The van der Waals surface area contributed by atoms with Gasteiger partial charge in [0.25, 0.3) is 0 Å². The van der Waals surface area contributed by atoms with E-state index in [9.17, 15) is 4.79 Å². The van der Waals surface area contributed by atoms with Crippen LogP contribution in [-0.2, 0) is 4.79 Å². The molecule has 4 nitrogen and oxygen atoms in total. The number of carbonyl (C=O) groups is 1. The minimum Gasteiger partial charge on any atom is -0.492 e. The molecule has 0 saturated heterocycles. The highest BCUT2D eigenvalue weighted by Crippen LogP contribution is 2.27. The smallest absolute Gasteiger partial charge is 0.240 e. The molecule has 0 aliphatic heterocycles. The van der Waals surface area contributed by atoms with Crippen LogP contribution in [0.3, 0.4) is 0 Å². The van der Waals surface area contributed by atoms with E-state index in [-0.39, 0.29) is 5.91 Å². The number of ether oxygens (including phenoxy) is 1. The Bertz CT molecular complexity index is 721. The zero-order chi connectivity index (χ0) is 17.4. The third-order valence-corrected chi connectivity index (χ3v) is 4.03. The SMILES string of the molecule is O=C(CCCOc1ccc(Cl)cc1Cl)NN=Cc1ccc(Br)cc1. The predicted octanol–water partition coefficient (Wildman–Crippen LogP) is 5.07. The van der Waals surface area contributed by atoms with Crippen molar-refractivity contribution in [3.8, 4) is 5.75 Å². The highest BCUT2D eigenvalue weighted by molar-refractivity contribution is 9.10. The predicted molar refractivity (Wildman–Crippen MR) is 101 cm³/mol. The van der Waals surface area contributed by atoms with Gasteiger partial charge in [0.05, 0.1) is 17.8 Å². The molecule has 0 heterocycles. The van der Waals surface area contributed by atoms with Crippen molar-refractivity contribution in [1.82, 2.24) is 5.43 Å². The van der Waals surface area contributed by atoms with Gasteiger partial charge in [-0.3, -0.25) is 4.79 Å². The van der Waals surface area contributed by atoms with Crippen molar-refractivity contribution in [2.75, 3.05) is 6.61 Å². The Morgan fingerprint density at radius 1 is 1.21 bits per heavy atom. The molecule has 1 amide bonds. The zero-order valence-electron chi connectivity index (χ0n) is 12.6. The van der Waals surface area contributed by atoms with Crippen molar-refractivity contribution in [1.29, 1.82) is 0 Å². The molecule has 0 bridgehead atoms. The molecule has 0 aliphatic carbocycles. The summed E-state index contributed by atoms with van der Waals surface area (Å²) in [5, 5.41) is 4.92. The van der Waals surface area contributed by atoms with Gasteiger partial charge in [-0.05, 0) is 42.3 Å². The van der Waals surface area contributed by atoms with Crippen molar-refractivity contribution in [2.45, 2.75) is 12.8 Å². The van der Waals surface area contributed by atoms with Crippen LogP contribution in [-0.4, -0.2) is 18.7 Å². The van der Waals surface area contributed by atoms with Crippen LogP contribution < -0.4 is 10.2 Å². The Labute approximate surface area is 158 Å². The average Bonchev–Trinajstić information content (AvgIpc) is 2.55. The normalized spacial score (nSPS) is 10.8. The lowest BCUT2D eigenvalue weighted by Crippen LogP contribution is -2.18. The van der Waals surface area contributed by atoms with Crippen LogP contribution in [0.4, 0.5) is 0 Å². The maximum absolute atomic E-state index is 11.7. The summed E-state index contributed by atoms with van der Waals surface area (Å²) >= 11 is 15.2. The minimum absolute atomic E-state index is 0.172. The van der Waals surface area contributed by atoms with E-state index in [1.807, 2.05) is 24.3 Å². The van der Waals surface area contributed by atoms with Crippen LogP contribution in [0.1, 0.15) is 18.4 Å². The first kappa shape index (κ1) is 18.8. The number of carbonyl (C=O) groups excluding carboxylic acids is 1. The van der Waals surface area contributed by atoms with E-state index in [0.717, 1.165) is 10.0 Å². The fourth-order valence-corrected chi connectivity index (χ4v) is 2.52. The van der Waals surface area contributed by atoms with Gasteiger partial charge in [0.1, 0.15) is 5.75 Å². The van der Waals surface area contributed by atoms with Gasteiger partial charge >= 0.3 is 0 Å². The summed E-state index contributed by atoms with van der Waals surface area (Å²) in [5.74, 6) is 0.379. The van der Waals surface area contributed by atoms with E-state index in [4.69, 9.17) is 27.9 Å². The topological polar surface area (TPSA) is 50.7 Å². The Hall–Kier alpha value is -1.56. The first-order chi connectivity index (χ1) is 11.5. The van der Waals surface area contributed by atoms with Gasteiger partial charge in [-0.15, -0.1) is 0 Å². The molecular weight excluding hydrogens is 415 g/mol. The Kier molecular flexibility index (Phi) is 7.56.